The Morgan fingerprint density at radius 1 is 1.08 bits per heavy atom. The number of aliphatic imine (C=N–C) groups is 1. The molecule has 0 spiro atoms. The Morgan fingerprint density at radius 2 is 1.58 bits per heavy atom. The molecule has 1 N–H and O–H groups in total. The lowest BCUT2D eigenvalue weighted by Gasteiger charge is -2.26. The maximum atomic E-state index is 11.0. The van der Waals surface area contributed by atoms with Gasteiger partial charge in [-0.2, -0.15) is 0 Å². The summed E-state index contributed by atoms with van der Waals surface area (Å²) in [5.74, 6) is -0.287. The van der Waals surface area contributed by atoms with Gasteiger partial charge in [-0.1, -0.05) is 47.6 Å². The molecule has 0 unspecified atom stereocenters. The van der Waals surface area contributed by atoms with Gasteiger partial charge in [0.2, 0.25) is 5.90 Å². The maximum absolute atomic E-state index is 11.0. The van der Waals surface area contributed by atoms with Crippen molar-refractivity contribution in [3.63, 3.8) is 0 Å². The van der Waals surface area contributed by atoms with Crippen LogP contribution in [0.5, 0.6) is 0 Å². The van der Waals surface area contributed by atoms with E-state index in [2.05, 4.69) is 64.7 Å². The standard InChI is InChI=1S/C20H29NO3/c1-12-16(11-17(22)23)21-18(24-12)13-8-14(19(2,3)4)10-15(9-13)20(5,6)7/h8-10,12,16H,11H2,1-7H3,(H,22,23)/t12-,16-/m0/s1. The third kappa shape index (κ3) is 4.16. The molecule has 1 heterocycles. The fourth-order valence-electron chi connectivity index (χ4n) is 2.69. The van der Waals surface area contributed by atoms with Crippen molar-refractivity contribution < 1.29 is 14.6 Å². The monoisotopic (exact) mass is 331 g/mol. The van der Waals surface area contributed by atoms with Crippen LogP contribution in [0.3, 0.4) is 0 Å². The van der Waals surface area contributed by atoms with E-state index in [-0.39, 0.29) is 29.4 Å². The molecule has 0 saturated heterocycles. The van der Waals surface area contributed by atoms with Gasteiger partial charge in [0, 0.05) is 5.56 Å². The van der Waals surface area contributed by atoms with Gasteiger partial charge in [0.15, 0.2) is 0 Å². The van der Waals surface area contributed by atoms with Crippen molar-refractivity contribution in [2.75, 3.05) is 0 Å². The van der Waals surface area contributed by atoms with E-state index < -0.39 is 5.97 Å². The normalized spacial score (nSPS) is 21.4. The van der Waals surface area contributed by atoms with E-state index >= 15 is 0 Å². The lowest BCUT2D eigenvalue weighted by molar-refractivity contribution is -0.137. The second-order valence-electron chi connectivity index (χ2n) is 8.72. The number of benzene rings is 1. The third-order valence-corrected chi connectivity index (χ3v) is 4.42. The minimum atomic E-state index is -0.848. The summed E-state index contributed by atoms with van der Waals surface area (Å²) < 4.78 is 5.88. The number of carboxylic acids is 1. The van der Waals surface area contributed by atoms with Gasteiger partial charge < -0.3 is 9.84 Å². The van der Waals surface area contributed by atoms with Crippen molar-refractivity contribution in [2.45, 2.75) is 77.9 Å². The molecular formula is C20H29NO3. The van der Waals surface area contributed by atoms with Crippen molar-refractivity contribution in [1.82, 2.24) is 0 Å². The zero-order chi connectivity index (χ0) is 18.3. The van der Waals surface area contributed by atoms with Gasteiger partial charge in [-0.15, -0.1) is 0 Å². The number of hydrogen-bond acceptors (Lipinski definition) is 3. The molecule has 4 heteroatoms. The summed E-state index contributed by atoms with van der Waals surface area (Å²) in [5.41, 5.74) is 3.42. The molecule has 0 aromatic heterocycles. The van der Waals surface area contributed by atoms with Gasteiger partial charge in [0.1, 0.15) is 12.1 Å². The first-order valence-corrected chi connectivity index (χ1v) is 8.50. The van der Waals surface area contributed by atoms with Gasteiger partial charge in [-0.05, 0) is 41.0 Å². The van der Waals surface area contributed by atoms with Crippen LogP contribution in [-0.4, -0.2) is 29.1 Å². The Hall–Kier alpha value is -1.84. The highest BCUT2D eigenvalue weighted by molar-refractivity contribution is 5.96. The van der Waals surface area contributed by atoms with Gasteiger partial charge in [0.05, 0.1) is 6.42 Å². The molecule has 1 aromatic rings. The van der Waals surface area contributed by atoms with Crippen molar-refractivity contribution in [3.8, 4) is 0 Å². The first-order valence-electron chi connectivity index (χ1n) is 8.50. The quantitative estimate of drug-likeness (QED) is 0.899. The minimum Gasteiger partial charge on any atom is -0.481 e. The molecular weight excluding hydrogens is 302 g/mol. The molecule has 4 nitrogen and oxygen atoms in total. The second kappa shape index (κ2) is 6.23. The van der Waals surface area contributed by atoms with Gasteiger partial charge >= 0.3 is 5.97 Å². The Kier molecular flexibility index (Phi) is 4.80. The van der Waals surface area contributed by atoms with E-state index in [9.17, 15) is 4.79 Å². The third-order valence-electron chi connectivity index (χ3n) is 4.42. The topological polar surface area (TPSA) is 58.9 Å². The molecule has 1 aromatic carbocycles. The summed E-state index contributed by atoms with van der Waals surface area (Å²) >= 11 is 0. The number of aliphatic carboxylic acids is 1. The first-order chi connectivity index (χ1) is 10.9. The Labute approximate surface area is 144 Å². The molecule has 0 amide bonds. The second-order valence-corrected chi connectivity index (χ2v) is 8.72. The fourth-order valence-corrected chi connectivity index (χ4v) is 2.69. The summed E-state index contributed by atoms with van der Waals surface area (Å²) in [7, 11) is 0. The predicted octanol–water partition coefficient (Wildman–Crippen LogP) is 4.29. The molecule has 132 valence electrons. The number of carbonyl (C=O) groups is 1. The fraction of sp³-hybridized carbons (Fsp3) is 0.600. The van der Waals surface area contributed by atoms with Crippen molar-refractivity contribution in [1.29, 1.82) is 0 Å². The highest BCUT2D eigenvalue weighted by Gasteiger charge is 2.31. The zero-order valence-electron chi connectivity index (χ0n) is 15.8. The van der Waals surface area contributed by atoms with Crippen LogP contribution in [0.4, 0.5) is 0 Å². The Bertz CT molecular complexity index is 630. The van der Waals surface area contributed by atoms with E-state index in [1.807, 2.05) is 6.92 Å². The van der Waals surface area contributed by atoms with Crippen LogP contribution in [0.1, 0.15) is 71.6 Å². The number of rotatable bonds is 3. The first kappa shape index (κ1) is 18.5. The van der Waals surface area contributed by atoms with Crippen LogP contribution in [0, 0.1) is 0 Å². The lowest BCUT2D eigenvalue weighted by atomic mass is 9.79. The van der Waals surface area contributed by atoms with Crippen LogP contribution >= 0.6 is 0 Å². The minimum absolute atomic E-state index is 0.00421. The summed E-state index contributed by atoms with van der Waals surface area (Å²) in [6.45, 7) is 15.0. The zero-order valence-corrected chi connectivity index (χ0v) is 15.8. The summed E-state index contributed by atoms with van der Waals surface area (Å²) in [6.07, 6.45) is -0.220. The SMILES string of the molecule is C[C@@H]1OC(c2cc(C(C)(C)C)cc(C(C)(C)C)c2)=N[C@H]1CC(=O)O. The van der Waals surface area contributed by atoms with E-state index in [4.69, 9.17) is 9.84 Å². The molecule has 24 heavy (non-hydrogen) atoms. The molecule has 1 aliphatic heterocycles. The van der Waals surface area contributed by atoms with Gasteiger partial charge in [-0.3, -0.25) is 4.79 Å². The Balaban J connectivity index is 2.48. The largest absolute Gasteiger partial charge is 0.481 e. The van der Waals surface area contributed by atoms with Crippen LogP contribution in [-0.2, 0) is 20.4 Å². The maximum Gasteiger partial charge on any atom is 0.305 e. The molecule has 0 saturated carbocycles. The molecule has 0 bridgehead atoms. The smallest absolute Gasteiger partial charge is 0.305 e. The van der Waals surface area contributed by atoms with Crippen molar-refractivity contribution >= 4 is 11.9 Å². The van der Waals surface area contributed by atoms with Crippen LogP contribution in [0.15, 0.2) is 23.2 Å². The lowest BCUT2D eigenvalue weighted by Crippen LogP contribution is -2.22. The number of carboxylic acid groups (broad SMARTS) is 1. The van der Waals surface area contributed by atoms with E-state index in [1.54, 1.807) is 0 Å². The number of nitrogens with zero attached hydrogens (tertiary/aromatic N) is 1. The van der Waals surface area contributed by atoms with Gasteiger partial charge in [0.25, 0.3) is 0 Å². The molecule has 2 atom stereocenters. The van der Waals surface area contributed by atoms with E-state index in [0.717, 1.165) is 5.56 Å². The Morgan fingerprint density at radius 3 is 2.00 bits per heavy atom. The summed E-state index contributed by atoms with van der Waals surface area (Å²) in [5, 5.41) is 9.03. The van der Waals surface area contributed by atoms with E-state index in [1.165, 1.54) is 11.1 Å². The van der Waals surface area contributed by atoms with Crippen molar-refractivity contribution in [2.24, 2.45) is 4.99 Å². The number of hydrogen-bond donors (Lipinski definition) is 1. The molecule has 0 radical (unpaired) electrons. The van der Waals surface area contributed by atoms with Crippen LogP contribution in [0.2, 0.25) is 0 Å². The average Bonchev–Trinajstić information content (AvgIpc) is 2.77. The number of ether oxygens (including phenoxy) is 1. The molecule has 1 aliphatic rings. The molecule has 0 fully saturated rings. The molecule has 2 rings (SSSR count). The predicted molar refractivity (Wildman–Crippen MR) is 97.0 cm³/mol. The summed E-state index contributed by atoms with van der Waals surface area (Å²) in [6, 6.07) is 6.15. The average molecular weight is 331 g/mol. The molecule has 0 aliphatic carbocycles. The van der Waals surface area contributed by atoms with Crippen molar-refractivity contribution in [3.05, 3.63) is 34.9 Å². The highest BCUT2D eigenvalue weighted by Crippen LogP contribution is 2.32. The summed E-state index contributed by atoms with van der Waals surface area (Å²) in [4.78, 5) is 15.5. The van der Waals surface area contributed by atoms with Crippen LogP contribution in [0.25, 0.3) is 0 Å². The highest BCUT2D eigenvalue weighted by atomic mass is 16.5. The van der Waals surface area contributed by atoms with E-state index in [0.29, 0.717) is 5.90 Å². The van der Waals surface area contributed by atoms with Crippen LogP contribution < -0.4 is 0 Å². The van der Waals surface area contributed by atoms with Gasteiger partial charge in [-0.25, -0.2) is 4.99 Å².